The van der Waals surface area contributed by atoms with Gasteiger partial charge in [0.2, 0.25) is 0 Å². The summed E-state index contributed by atoms with van der Waals surface area (Å²) in [6, 6.07) is 0. The van der Waals surface area contributed by atoms with Crippen molar-refractivity contribution in [3.8, 4) is 0 Å². The third-order valence-corrected chi connectivity index (χ3v) is 0. The molecule has 0 aliphatic rings. The van der Waals surface area contributed by atoms with Crippen molar-refractivity contribution in [2.75, 3.05) is 0 Å². The van der Waals surface area contributed by atoms with E-state index in [0.717, 1.165) is 0 Å². The van der Waals surface area contributed by atoms with Gasteiger partial charge in [0.05, 0.1) is 0 Å². The molecule has 10 heavy (non-hydrogen) atoms. The predicted octanol–water partition coefficient (Wildman–Crippen LogP) is -4.64. The van der Waals surface area contributed by atoms with E-state index in [9.17, 15) is 0 Å². The molecule has 51 valence electrons. The summed E-state index contributed by atoms with van der Waals surface area (Å²) in [6.07, 6.45) is 0. The van der Waals surface area contributed by atoms with E-state index in [1.54, 1.807) is 0 Å². The van der Waals surface area contributed by atoms with E-state index in [-0.39, 0.29) is 83.8 Å². The first-order valence-corrected chi connectivity index (χ1v) is 2.05. The second kappa shape index (κ2) is 87.2. The van der Waals surface area contributed by atoms with Gasteiger partial charge in [0, 0.05) is 0 Å². The Morgan fingerprint density at radius 3 is 1.00 bits per heavy atom. The molecule has 0 aromatic heterocycles. The van der Waals surface area contributed by atoms with Crippen molar-refractivity contribution in [2.24, 2.45) is 0 Å². The van der Waals surface area contributed by atoms with E-state index in [1.807, 2.05) is 0 Å². The van der Waals surface area contributed by atoms with Gasteiger partial charge in [0.25, 0.3) is 0 Å². The van der Waals surface area contributed by atoms with Crippen LogP contribution in [0.15, 0.2) is 0 Å². The van der Waals surface area contributed by atoms with E-state index in [2.05, 4.69) is 3.71 Å². The van der Waals surface area contributed by atoms with Crippen LogP contribution >= 0.6 is 0 Å². The first-order valence-electron chi connectivity index (χ1n) is 0.836. The largest absolute Gasteiger partial charge is 2.00 e. The summed E-state index contributed by atoms with van der Waals surface area (Å²) in [7, 11) is 0. The molecule has 0 aliphatic carbocycles. The van der Waals surface area contributed by atoms with Crippen LogP contribution in [0.4, 0.5) is 0 Å². The average molecular weight is 257 g/mol. The van der Waals surface area contributed by atoms with E-state index < -0.39 is 0 Å². The zero-order chi connectivity index (χ0) is 6.71. The molecule has 3 N–H and O–H groups in total. The summed E-state index contributed by atoms with van der Waals surface area (Å²) in [5, 5.41) is 33.1. The Hall–Kier alpha value is 3.18. The smallest absolute Gasteiger partial charge is 0.727 e. The molecule has 0 saturated carbocycles. The molecule has 0 unspecified atom stereocenters. The van der Waals surface area contributed by atoms with E-state index >= 15 is 0 Å². The predicted molar refractivity (Wildman–Crippen MR) is 31.8 cm³/mol. The fraction of sp³-hybridized carbons (Fsp3) is 0. The zero-order valence-corrected chi connectivity index (χ0v) is 9.16. The van der Waals surface area contributed by atoms with Crippen LogP contribution < -0.4 is 10.5 Å². The Kier molecular flexibility index (Phi) is 331. The number of rotatable bonds is 0. The maximum atomic E-state index is 7.25. The summed E-state index contributed by atoms with van der Waals surface area (Å²) < 4.78 is 3.38. The summed E-state index contributed by atoms with van der Waals surface area (Å²) >= 11 is 0.500. The fourth-order valence-electron chi connectivity index (χ4n) is 0. The van der Waals surface area contributed by atoms with Gasteiger partial charge in [-0.2, -0.15) is 0 Å². The van der Waals surface area contributed by atoms with Crippen molar-refractivity contribution in [1.29, 1.82) is 0 Å². The molecular formula is H7CaMg2O6Zn. The molecule has 0 aromatic rings. The molecule has 0 saturated heterocycles. The molecule has 6 nitrogen and oxygen atoms in total. The van der Waals surface area contributed by atoms with Gasteiger partial charge in [-0.25, -0.2) is 0 Å². The van der Waals surface area contributed by atoms with Crippen LogP contribution in [0.3, 0.4) is 0 Å². The normalized spacial score (nSPS) is 3.10. The minimum absolute atomic E-state index is 0. The Balaban J connectivity index is -0.00000000536. The number of hydrogen-bond donors (Lipinski definition) is 3. The minimum Gasteiger partial charge on any atom is -0.727 e. The van der Waals surface area contributed by atoms with Crippen molar-refractivity contribution in [1.82, 2.24) is 0 Å². The summed E-state index contributed by atoms with van der Waals surface area (Å²) in [4.78, 5) is 0. The third-order valence-electron chi connectivity index (χ3n) is 0. The SMILES string of the molecule is O[O][Zn].[Ca+2].[MgH2].[MgH2].[O-]O.[O-]O. The van der Waals surface area contributed by atoms with Gasteiger partial charge < -0.3 is 21.0 Å². The molecule has 0 fully saturated rings. The fourth-order valence-corrected chi connectivity index (χ4v) is 0. The third kappa shape index (κ3) is 115. The monoisotopic (exact) mass is 255 g/mol. The van der Waals surface area contributed by atoms with Gasteiger partial charge in [0.1, 0.15) is 0 Å². The molecule has 0 rings (SSSR count). The van der Waals surface area contributed by atoms with Gasteiger partial charge >= 0.3 is 111 Å². The van der Waals surface area contributed by atoms with Crippen molar-refractivity contribution in [2.45, 2.75) is 0 Å². The van der Waals surface area contributed by atoms with Crippen LogP contribution in [0.25, 0.3) is 0 Å². The van der Waals surface area contributed by atoms with Crippen LogP contribution in [-0.4, -0.2) is 99.6 Å². The van der Waals surface area contributed by atoms with Gasteiger partial charge in [-0.1, -0.05) is 0 Å². The number of hydrogen-bond acceptors (Lipinski definition) is 6. The molecule has 0 radical (unpaired) electrons. The Labute approximate surface area is 130 Å². The molecular weight excluding hydrogens is 250 g/mol. The van der Waals surface area contributed by atoms with Crippen LogP contribution in [-0.2, 0) is 22.4 Å². The molecule has 0 aromatic carbocycles. The Bertz CT molecular complexity index is 15.7. The van der Waals surface area contributed by atoms with Crippen molar-refractivity contribution >= 4 is 83.8 Å². The van der Waals surface area contributed by atoms with Gasteiger partial charge in [-0.3, -0.25) is 0 Å². The molecule has 0 aliphatic heterocycles. The summed E-state index contributed by atoms with van der Waals surface area (Å²) in [6.45, 7) is 0. The maximum absolute atomic E-state index is 7.25. The molecule has 0 spiro atoms. The Morgan fingerprint density at radius 2 is 1.00 bits per heavy atom. The first-order chi connectivity index (χ1) is 3.41. The van der Waals surface area contributed by atoms with Crippen LogP contribution in [0.2, 0.25) is 0 Å². The van der Waals surface area contributed by atoms with Crippen LogP contribution in [0.1, 0.15) is 0 Å². The summed E-state index contributed by atoms with van der Waals surface area (Å²) in [5.74, 6) is 0. The zero-order valence-electron chi connectivity index (χ0n) is 3.98. The van der Waals surface area contributed by atoms with Crippen LogP contribution in [0, 0.1) is 0 Å². The van der Waals surface area contributed by atoms with E-state index in [4.69, 9.17) is 26.3 Å². The van der Waals surface area contributed by atoms with Crippen molar-refractivity contribution in [3.63, 3.8) is 0 Å². The van der Waals surface area contributed by atoms with Crippen molar-refractivity contribution in [3.05, 3.63) is 0 Å². The van der Waals surface area contributed by atoms with Gasteiger partial charge in [-0.15, -0.1) is 0 Å². The molecule has 10 heteroatoms. The molecule has 0 heterocycles. The van der Waals surface area contributed by atoms with Gasteiger partial charge in [-0.05, 0) is 0 Å². The minimum atomic E-state index is 0. The maximum Gasteiger partial charge on any atom is 2.00 e. The van der Waals surface area contributed by atoms with E-state index in [0.29, 0.717) is 18.7 Å². The first kappa shape index (κ1) is 37.9. The molecule has 0 amide bonds. The van der Waals surface area contributed by atoms with Crippen molar-refractivity contribution < 1.29 is 48.7 Å². The van der Waals surface area contributed by atoms with Gasteiger partial charge in [0.15, 0.2) is 0 Å². The topological polar surface area (TPSA) is 116 Å². The molecule has 0 atom stereocenters. The second-order valence-corrected chi connectivity index (χ2v) is 0.671. The second-order valence-electron chi connectivity index (χ2n) is 0.129. The summed E-state index contributed by atoms with van der Waals surface area (Å²) in [5.41, 5.74) is 0. The standard InChI is InChI=1S/Ca.2Mg.3H2O2.Zn.4H/c;;;3*1-2;;;;;/h;;;3*1-2H;;;;;/q+2;;;;;;+1;;;;/p-3. The Morgan fingerprint density at radius 1 is 1.00 bits per heavy atom. The average Bonchev–Trinajstić information content (AvgIpc) is 1.78. The quantitative estimate of drug-likeness (QED) is 0.228. The van der Waals surface area contributed by atoms with E-state index in [1.165, 1.54) is 0 Å². The molecule has 0 bridgehead atoms. The van der Waals surface area contributed by atoms with Crippen LogP contribution in [0.5, 0.6) is 0 Å².